The lowest BCUT2D eigenvalue weighted by Crippen LogP contribution is -2.38. The van der Waals surface area contributed by atoms with Gasteiger partial charge in [0.05, 0.1) is 36.3 Å². The van der Waals surface area contributed by atoms with Crippen molar-refractivity contribution in [3.63, 3.8) is 0 Å². The van der Waals surface area contributed by atoms with Crippen molar-refractivity contribution in [1.82, 2.24) is 20.0 Å². The Balaban J connectivity index is 1.38. The Hall–Kier alpha value is -5.26. The van der Waals surface area contributed by atoms with E-state index in [9.17, 15) is 19.5 Å². The van der Waals surface area contributed by atoms with E-state index < -0.39 is 18.0 Å². The molecule has 1 unspecified atom stereocenters. The Morgan fingerprint density at radius 1 is 1.07 bits per heavy atom. The minimum atomic E-state index is -0.960. The van der Waals surface area contributed by atoms with E-state index in [0.717, 1.165) is 48.3 Å². The molecule has 0 bridgehead atoms. The number of carbonyl (C=O) groups is 3. The molecule has 3 N–H and O–H groups in total. The van der Waals surface area contributed by atoms with Crippen LogP contribution in [0.15, 0.2) is 72.0 Å². The van der Waals surface area contributed by atoms with Crippen LogP contribution in [0.25, 0.3) is 11.0 Å². The first-order valence-electron chi connectivity index (χ1n) is 15.5. The number of carbonyl (C=O) groups excluding carboxylic acids is 2. The summed E-state index contributed by atoms with van der Waals surface area (Å²) in [5, 5.41) is 16.9. The maximum absolute atomic E-state index is 13.7. The van der Waals surface area contributed by atoms with E-state index in [1.165, 1.54) is 4.90 Å². The fourth-order valence-electron chi connectivity index (χ4n) is 4.85. The van der Waals surface area contributed by atoms with E-state index in [1.54, 1.807) is 49.7 Å². The highest BCUT2D eigenvalue weighted by Crippen LogP contribution is 2.22. The van der Waals surface area contributed by atoms with Crippen LogP contribution in [0.1, 0.15) is 67.7 Å². The molecule has 12 nitrogen and oxygen atoms in total. The van der Waals surface area contributed by atoms with E-state index in [4.69, 9.17) is 9.72 Å². The third kappa shape index (κ3) is 9.13. The zero-order chi connectivity index (χ0) is 32.9. The number of imidazole rings is 1. The van der Waals surface area contributed by atoms with Gasteiger partial charge in [-0.25, -0.2) is 20.2 Å². The molecule has 2 amide bonds. The lowest BCUT2D eigenvalue weighted by molar-refractivity contribution is -0.141. The van der Waals surface area contributed by atoms with Gasteiger partial charge in [-0.2, -0.15) is 5.10 Å². The molecule has 0 aliphatic carbocycles. The number of carboxylic acid groups (broad SMARTS) is 1. The first-order valence-corrected chi connectivity index (χ1v) is 15.5. The summed E-state index contributed by atoms with van der Waals surface area (Å²) in [5.41, 5.74) is 5.95. The third-order valence-electron chi connectivity index (χ3n) is 7.60. The highest BCUT2D eigenvalue weighted by Gasteiger charge is 2.26. The third-order valence-corrected chi connectivity index (χ3v) is 7.60. The number of aliphatic carboxylic acids is 1. The topological polar surface area (TPSA) is 151 Å². The minimum Gasteiger partial charge on any atom is -0.481 e. The van der Waals surface area contributed by atoms with Crippen molar-refractivity contribution in [3.05, 3.63) is 83.8 Å². The van der Waals surface area contributed by atoms with Crippen molar-refractivity contribution >= 4 is 46.7 Å². The molecule has 0 aliphatic heterocycles. The van der Waals surface area contributed by atoms with Gasteiger partial charge in [-0.05, 0) is 60.9 Å². The number of nitrogens with one attached hydrogen (secondary N) is 2. The second-order valence-electron chi connectivity index (χ2n) is 10.9. The van der Waals surface area contributed by atoms with Crippen LogP contribution in [0.3, 0.4) is 0 Å². The molecule has 2 heterocycles. The monoisotopic (exact) mass is 627 g/mol. The van der Waals surface area contributed by atoms with Gasteiger partial charge in [-0.1, -0.05) is 51.3 Å². The molecule has 0 saturated carbocycles. The molecular formula is C34H41N7O5. The molecule has 0 fully saturated rings. The molecule has 0 saturated heterocycles. The van der Waals surface area contributed by atoms with Gasteiger partial charge < -0.3 is 19.7 Å². The molecule has 1 atom stereocenters. The molecule has 2 aromatic carbocycles. The molecule has 0 radical (unpaired) electrons. The fraction of sp³-hybridized carbons (Fsp3) is 0.353. The normalized spacial score (nSPS) is 11.8. The average molecular weight is 628 g/mol. The Morgan fingerprint density at radius 2 is 1.87 bits per heavy atom. The summed E-state index contributed by atoms with van der Waals surface area (Å²) < 4.78 is 7.06. The van der Waals surface area contributed by atoms with Crippen molar-refractivity contribution in [2.75, 3.05) is 23.4 Å². The maximum atomic E-state index is 13.7. The van der Waals surface area contributed by atoms with Gasteiger partial charge in [0.15, 0.2) is 0 Å². The quantitative estimate of drug-likeness (QED) is 0.0780. The number of hydrogen-bond acceptors (Lipinski definition) is 8. The Kier molecular flexibility index (Phi) is 12.2. The van der Waals surface area contributed by atoms with Crippen LogP contribution in [-0.2, 0) is 23.1 Å². The number of unbranched alkanes of at least 4 members (excludes halogenated alkanes) is 3. The summed E-state index contributed by atoms with van der Waals surface area (Å²) in [6, 6.07) is 18.0. The Bertz CT molecular complexity index is 1640. The number of amides is 2. The summed E-state index contributed by atoms with van der Waals surface area (Å²) in [7, 11) is 1.91. The number of hydrazone groups is 1. The van der Waals surface area contributed by atoms with Gasteiger partial charge in [0.1, 0.15) is 11.6 Å². The van der Waals surface area contributed by atoms with Crippen LogP contribution in [0.2, 0.25) is 0 Å². The lowest BCUT2D eigenvalue weighted by Gasteiger charge is -2.24. The van der Waals surface area contributed by atoms with E-state index in [2.05, 4.69) is 27.8 Å². The number of carboxylic acids is 1. The van der Waals surface area contributed by atoms with E-state index in [-0.39, 0.29) is 12.5 Å². The number of fused-ring (bicyclic) bond motifs is 1. The highest BCUT2D eigenvalue weighted by molar-refractivity contribution is 6.07. The minimum absolute atomic E-state index is 0.00396. The molecule has 46 heavy (non-hydrogen) atoms. The van der Waals surface area contributed by atoms with Gasteiger partial charge in [0.2, 0.25) is 0 Å². The number of aromatic nitrogens is 3. The Morgan fingerprint density at radius 3 is 2.57 bits per heavy atom. The summed E-state index contributed by atoms with van der Waals surface area (Å²) >= 11 is 0. The number of ether oxygens (including phenoxy) is 1. The molecule has 0 spiro atoms. The number of pyridine rings is 1. The van der Waals surface area contributed by atoms with Gasteiger partial charge >= 0.3 is 12.1 Å². The van der Waals surface area contributed by atoms with Gasteiger partial charge in [-0.15, -0.1) is 0 Å². The number of hydrogen-bond donors (Lipinski definition) is 3. The second-order valence-corrected chi connectivity index (χ2v) is 10.9. The molecule has 242 valence electrons. The zero-order valence-corrected chi connectivity index (χ0v) is 26.5. The van der Waals surface area contributed by atoms with Gasteiger partial charge in [0.25, 0.3) is 5.91 Å². The molecule has 2 aromatic heterocycles. The zero-order valence-electron chi connectivity index (χ0n) is 26.5. The van der Waals surface area contributed by atoms with E-state index >= 15 is 0 Å². The maximum Gasteiger partial charge on any atom is 0.427 e. The first kappa shape index (κ1) is 33.6. The van der Waals surface area contributed by atoms with Crippen molar-refractivity contribution in [2.45, 2.75) is 52.5 Å². The van der Waals surface area contributed by atoms with Gasteiger partial charge in [-0.3, -0.25) is 14.5 Å². The van der Waals surface area contributed by atoms with Crippen LogP contribution < -0.4 is 15.6 Å². The molecule has 4 aromatic rings. The van der Waals surface area contributed by atoms with Crippen LogP contribution in [0.4, 0.5) is 16.3 Å². The summed E-state index contributed by atoms with van der Waals surface area (Å²) in [6.45, 7) is 4.73. The van der Waals surface area contributed by atoms with Crippen molar-refractivity contribution in [2.24, 2.45) is 18.1 Å². The number of nitrogens with zero attached hydrogens (tertiary/aromatic N) is 5. The first-order chi connectivity index (χ1) is 22.3. The van der Waals surface area contributed by atoms with Crippen molar-refractivity contribution < 1.29 is 24.2 Å². The molecule has 0 aliphatic rings. The van der Waals surface area contributed by atoms with Crippen LogP contribution >= 0.6 is 0 Å². The van der Waals surface area contributed by atoms with E-state index in [1.807, 2.05) is 41.9 Å². The standard InChI is InChI=1S/C34H41N7O5/c1-4-6-7-10-19-46-34(45)39-37-21-24-12-15-27(16-13-24)36-22-31-38-28-20-26(14-17-29(28)40(31)3)32(42)41(23-25(5-2)33(43)44)30-11-8-9-18-35-30/h8-9,11-18,20-21,25,36H,4-7,10,19,22-23H2,1-3H3,(H,39,45)(H,43,44). The number of benzene rings is 2. The molecule has 4 rings (SSSR count). The molecule has 12 heteroatoms. The predicted molar refractivity (Wildman–Crippen MR) is 178 cm³/mol. The average Bonchev–Trinajstić information content (AvgIpc) is 3.39. The number of rotatable bonds is 16. The number of anilines is 2. The smallest absolute Gasteiger partial charge is 0.427 e. The van der Waals surface area contributed by atoms with Crippen molar-refractivity contribution in [3.8, 4) is 0 Å². The predicted octanol–water partition coefficient (Wildman–Crippen LogP) is 5.98. The summed E-state index contributed by atoms with van der Waals surface area (Å²) in [4.78, 5) is 47.7. The SMILES string of the molecule is CCCCCCOC(=O)NN=Cc1ccc(NCc2nc3cc(C(=O)N(CC(CC)C(=O)O)c4ccccn4)ccc3n2C)cc1. The summed E-state index contributed by atoms with van der Waals surface area (Å²) in [6.07, 6.45) is 7.06. The van der Waals surface area contributed by atoms with Crippen LogP contribution in [-0.4, -0.2) is 57.0 Å². The largest absolute Gasteiger partial charge is 0.481 e. The lowest BCUT2D eigenvalue weighted by atomic mass is 10.1. The fourth-order valence-corrected chi connectivity index (χ4v) is 4.85. The van der Waals surface area contributed by atoms with Crippen LogP contribution in [0.5, 0.6) is 0 Å². The molecular weight excluding hydrogens is 586 g/mol. The Labute approximate surface area is 268 Å². The van der Waals surface area contributed by atoms with Crippen LogP contribution in [0, 0.1) is 5.92 Å². The summed E-state index contributed by atoms with van der Waals surface area (Å²) in [5.74, 6) is -0.875. The second kappa shape index (κ2) is 16.7. The highest BCUT2D eigenvalue weighted by atomic mass is 16.5. The van der Waals surface area contributed by atoms with Gasteiger partial charge in [0, 0.05) is 31.0 Å². The van der Waals surface area contributed by atoms with E-state index in [0.29, 0.717) is 36.5 Å². The van der Waals surface area contributed by atoms with Crippen molar-refractivity contribution in [1.29, 1.82) is 0 Å². The number of aryl methyl sites for hydroxylation is 1.